The number of rotatable bonds is 9. The van der Waals surface area contributed by atoms with E-state index in [4.69, 9.17) is 14.2 Å². The topological polar surface area (TPSA) is 113 Å². The third-order valence-corrected chi connectivity index (χ3v) is 4.84. The van der Waals surface area contributed by atoms with Gasteiger partial charge in [0.05, 0.1) is 9.80 Å². The Morgan fingerprint density at radius 1 is 1.16 bits per heavy atom. The van der Waals surface area contributed by atoms with Crippen LogP contribution in [0, 0.1) is 0 Å². The highest BCUT2D eigenvalue weighted by molar-refractivity contribution is 7.95. The first-order chi connectivity index (χ1) is 11.7. The van der Waals surface area contributed by atoms with Crippen LogP contribution in [-0.4, -0.2) is 45.6 Å². The lowest BCUT2D eigenvalue weighted by Gasteiger charge is -2.26. The molecule has 0 N–H and O–H groups in total. The molecule has 0 aliphatic carbocycles. The fourth-order valence-corrected chi connectivity index (χ4v) is 3.22. The van der Waals surface area contributed by atoms with Gasteiger partial charge < -0.3 is 14.2 Å². The Morgan fingerprint density at radius 3 is 2.24 bits per heavy atom. The van der Waals surface area contributed by atoms with Crippen molar-refractivity contribution in [3.05, 3.63) is 41.8 Å². The van der Waals surface area contributed by atoms with Crippen LogP contribution in [0.2, 0.25) is 0 Å². The van der Waals surface area contributed by atoms with E-state index in [1.165, 1.54) is 24.3 Å². The zero-order valence-corrected chi connectivity index (χ0v) is 14.5. The second-order valence-corrected chi connectivity index (χ2v) is 6.89. The first-order valence-electron chi connectivity index (χ1n) is 7.08. The summed E-state index contributed by atoms with van der Waals surface area (Å²) < 4.78 is 39.8. The van der Waals surface area contributed by atoms with Gasteiger partial charge in [-0.25, -0.2) is 8.42 Å². The smallest absolute Gasteiger partial charge is 0.303 e. The van der Waals surface area contributed by atoms with Crippen molar-refractivity contribution in [3.63, 3.8) is 0 Å². The number of carbonyl (C=O) groups excluding carboxylic acids is 3. The van der Waals surface area contributed by atoms with Gasteiger partial charge in [0.1, 0.15) is 6.61 Å². The van der Waals surface area contributed by atoms with E-state index in [0.29, 0.717) is 0 Å². The molecule has 25 heavy (non-hydrogen) atoms. The molecule has 2 atom stereocenters. The molecule has 0 saturated carbocycles. The highest BCUT2D eigenvalue weighted by atomic mass is 32.2. The number of esters is 2. The van der Waals surface area contributed by atoms with E-state index < -0.39 is 45.5 Å². The van der Waals surface area contributed by atoms with Crippen molar-refractivity contribution in [1.82, 2.24) is 0 Å². The van der Waals surface area contributed by atoms with E-state index in [9.17, 15) is 22.8 Å². The molecule has 8 nitrogen and oxygen atoms in total. The van der Waals surface area contributed by atoms with Gasteiger partial charge in [-0.3, -0.25) is 14.4 Å². The predicted octanol–water partition coefficient (Wildman–Crippen LogP) is 1.01. The van der Waals surface area contributed by atoms with E-state index in [2.05, 4.69) is 6.58 Å². The molecule has 0 spiro atoms. The minimum Gasteiger partial charge on any atom is -0.462 e. The summed E-state index contributed by atoms with van der Waals surface area (Å²) in [6.07, 6.45) is -2.91. The number of sulfone groups is 1. The molecule has 0 unspecified atom stereocenters. The Morgan fingerprint density at radius 2 is 1.76 bits per heavy atom. The SMILES string of the molecule is C=C([C@@H](OC(C)=O)[C@@H](COC(C)=O)OC=O)S(=O)(=O)c1ccccc1. The summed E-state index contributed by atoms with van der Waals surface area (Å²) in [6, 6.07) is 7.34. The third kappa shape index (κ3) is 5.71. The van der Waals surface area contributed by atoms with Crippen LogP contribution in [-0.2, 0) is 38.4 Å². The third-order valence-electron chi connectivity index (χ3n) is 3.03. The molecular formula is C16H18O8S. The van der Waals surface area contributed by atoms with Crippen LogP contribution in [0.4, 0.5) is 0 Å². The summed E-state index contributed by atoms with van der Waals surface area (Å²) in [5.74, 6) is -1.51. The molecule has 1 rings (SSSR count). The molecule has 0 fully saturated rings. The van der Waals surface area contributed by atoms with E-state index in [-0.39, 0.29) is 11.4 Å². The van der Waals surface area contributed by atoms with Gasteiger partial charge in [-0.1, -0.05) is 24.8 Å². The van der Waals surface area contributed by atoms with Gasteiger partial charge in [-0.2, -0.15) is 0 Å². The van der Waals surface area contributed by atoms with E-state index >= 15 is 0 Å². The van der Waals surface area contributed by atoms with Crippen molar-refractivity contribution in [2.75, 3.05) is 6.61 Å². The van der Waals surface area contributed by atoms with Crippen LogP contribution < -0.4 is 0 Å². The molecule has 0 saturated heterocycles. The minimum absolute atomic E-state index is 0.0348. The Bertz CT molecular complexity index is 739. The fraction of sp³-hybridized carbons (Fsp3) is 0.312. The lowest BCUT2D eigenvalue weighted by molar-refractivity contribution is -0.163. The summed E-state index contributed by atoms with van der Waals surface area (Å²) in [4.78, 5) is 32.5. The molecule has 136 valence electrons. The van der Waals surface area contributed by atoms with Gasteiger partial charge in [0.15, 0.2) is 12.2 Å². The molecule has 0 radical (unpaired) electrons. The molecule has 0 aromatic heterocycles. The normalized spacial score (nSPS) is 13.2. The van der Waals surface area contributed by atoms with Crippen LogP contribution in [0.5, 0.6) is 0 Å². The molecule has 0 heterocycles. The largest absolute Gasteiger partial charge is 0.462 e. The van der Waals surface area contributed by atoms with Crippen LogP contribution >= 0.6 is 0 Å². The number of hydrogen-bond donors (Lipinski definition) is 0. The minimum atomic E-state index is -4.09. The first-order valence-corrected chi connectivity index (χ1v) is 8.57. The molecule has 1 aromatic carbocycles. The summed E-state index contributed by atoms with van der Waals surface area (Å²) in [6.45, 7) is 5.19. The second-order valence-electron chi connectivity index (χ2n) is 4.89. The van der Waals surface area contributed by atoms with Gasteiger partial charge >= 0.3 is 11.9 Å². The molecule has 0 aliphatic rings. The quantitative estimate of drug-likeness (QED) is 0.359. The lowest BCUT2D eigenvalue weighted by Crippen LogP contribution is -2.40. The molecule has 0 amide bonds. The van der Waals surface area contributed by atoms with E-state index in [1.54, 1.807) is 6.07 Å². The fourth-order valence-electron chi connectivity index (χ4n) is 1.90. The molecule has 0 aliphatic heterocycles. The Balaban J connectivity index is 3.22. The Labute approximate surface area is 145 Å². The van der Waals surface area contributed by atoms with Gasteiger partial charge in [0.25, 0.3) is 6.47 Å². The number of benzene rings is 1. The van der Waals surface area contributed by atoms with Crippen molar-refractivity contribution < 1.29 is 37.0 Å². The molecule has 1 aromatic rings. The zero-order valence-electron chi connectivity index (χ0n) is 13.7. The van der Waals surface area contributed by atoms with Crippen LogP contribution in [0.15, 0.2) is 46.7 Å². The predicted molar refractivity (Wildman–Crippen MR) is 85.9 cm³/mol. The number of carbonyl (C=O) groups is 3. The van der Waals surface area contributed by atoms with Gasteiger partial charge in [0, 0.05) is 13.8 Å². The highest BCUT2D eigenvalue weighted by Crippen LogP contribution is 2.25. The standard InChI is InChI=1S/C16H18O8S/c1-11(25(20,21)14-7-5-4-6-8-14)16(24-13(3)19)15(23-10-17)9-22-12(2)18/h4-8,10,15-16H,1,9H2,2-3H3/t15-,16-/m1/s1. The first kappa shape index (κ1) is 20.4. The summed E-state index contributed by atoms with van der Waals surface area (Å²) in [5, 5.41) is 0. The van der Waals surface area contributed by atoms with Crippen LogP contribution in [0.25, 0.3) is 0 Å². The van der Waals surface area contributed by atoms with Crippen molar-refractivity contribution in [2.24, 2.45) is 0 Å². The maximum Gasteiger partial charge on any atom is 0.303 e. The molecule has 0 bridgehead atoms. The maximum atomic E-state index is 12.7. The van der Waals surface area contributed by atoms with Crippen molar-refractivity contribution in [3.8, 4) is 0 Å². The lowest BCUT2D eigenvalue weighted by atomic mass is 10.2. The zero-order chi connectivity index (χ0) is 19.0. The van der Waals surface area contributed by atoms with E-state index in [0.717, 1.165) is 13.8 Å². The van der Waals surface area contributed by atoms with E-state index in [1.807, 2.05) is 0 Å². The summed E-state index contributed by atoms with van der Waals surface area (Å²) >= 11 is 0. The van der Waals surface area contributed by atoms with Crippen LogP contribution in [0.1, 0.15) is 13.8 Å². The average molecular weight is 370 g/mol. The highest BCUT2D eigenvalue weighted by Gasteiger charge is 2.36. The monoisotopic (exact) mass is 370 g/mol. The molecular weight excluding hydrogens is 352 g/mol. The van der Waals surface area contributed by atoms with Crippen molar-refractivity contribution in [1.29, 1.82) is 0 Å². The van der Waals surface area contributed by atoms with Gasteiger partial charge in [-0.05, 0) is 12.1 Å². The number of hydrogen-bond acceptors (Lipinski definition) is 8. The van der Waals surface area contributed by atoms with Crippen molar-refractivity contribution in [2.45, 2.75) is 31.0 Å². The summed E-state index contributed by atoms with van der Waals surface area (Å²) in [5.41, 5.74) is 0. The van der Waals surface area contributed by atoms with Crippen molar-refractivity contribution >= 4 is 28.2 Å². The second kappa shape index (κ2) is 8.97. The summed E-state index contributed by atoms with van der Waals surface area (Å²) in [7, 11) is -4.09. The Hall–Kier alpha value is -2.68. The molecule has 9 heteroatoms. The van der Waals surface area contributed by atoms with Gasteiger partial charge in [0.2, 0.25) is 9.84 Å². The maximum absolute atomic E-state index is 12.7. The Kier molecular flexibility index (Phi) is 7.31. The average Bonchev–Trinajstić information content (AvgIpc) is 2.56. The number of ether oxygens (including phenoxy) is 3. The van der Waals surface area contributed by atoms with Gasteiger partial charge in [-0.15, -0.1) is 0 Å². The van der Waals surface area contributed by atoms with Crippen LogP contribution in [0.3, 0.4) is 0 Å².